The Morgan fingerprint density at radius 1 is 1.05 bits per heavy atom. The highest BCUT2D eigenvalue weighted by Crippen LogP contribution is 2.35. The second-order valence-electron chi connectivity index (χ2n) is 12.3. The van der Waals surface area contributed by atoms with Crippen molar-refractivity contribution in [2.24, 2.45) is 17.8 Å². The summed E-state index contributed by atoms with van der Waals surface area (Å²) in [6, 6.07) is 9.03. The molecule has 1 aromatic carbocycles. The number of nitrogens with one attached hydrogen (secondary N) is 3. The van der Waals surface area contributed by atoms with Crippen molar-refractivity contribution in [3.05, 3.63) is 30.5 Å². The van der Waals surface area contributed by atoms with Gasteiger partial charge in [-0.2, -0.15) is 0 Å². The van der Waals surface area contributed by atoms with E-state index in [2.05, 4.69) is 51.1 Å². The second kappa shape index (κ2) is 12.7. The highest BCUT2D eigenvalue weighted by molar-refractivity contribution is 7.92. The molecule has 4 fully saturated rings. The highest BCUT2D eigenvalue weighted by Gasteiger charge is 2.38. The molecule has 2 saturated heterocycles. The number of fused-ring (bicyclic) bond motifs is 10. The summed E-state index contributed by atoms with van der Waals surface area (Å²) in [4.78, 5) is 6.63. The van der Waals surface area contributed by atoms with E-state index >= 15 is 0 Å². The van der Waals surface area contributed by atoms with Crippen LogP contribution in [0.2, 0.25) is 0 Å². The fraction of sp³-hybridized carbons (Fsp3) is 0.700. The Labute approximate surface area is 234 Å². The fourth-order valence-corrected chi connectivity index (χ4v) is 8.95. The van der Waals surface area contributed by atoms with Crippen LogP contribution in [0, 0.1) is 17.8 Å². The van der Waals surface area contributed by atoms with Gasteiger partial charge in [-0.3, -0.25) is 4.90 Å². The number of nitrogens with two attached hydrogens (primary N) is 1. The summed E-state index contributed by atoms with van der Waals surface area (Å²) in [5.74, 6) is 2.32. The first-order valence-electron chi connectivity index (χ1n) is 15.1. The van der Waals surface area contributed by atoms with Gasteiger partial charge < -0.3 is 21.7 Å². The van der Waals surface area contributed by atoms with Crippen molar-refractivity contribution in [2.45, 2.75) is 75.6 Å². The zero-order chi connectivity index (χ0) is 27.4. The summed E-state index contributed by atoms with van der Waals surface area (Å²) in [5.41, 5.74) is 7.19. The van der Waals surface area contributed by atoms with Crippen LogP contribution < -0.4 is 21.7 Å². The third kappa shape index (κ3) is 7.04. The Balaban J connectivity index is 1.35. The minimum atomic E-state index is -3.08. The van der Waals surface area contributed by atoms with Gasteiger partial charge in [0, 0.05) is 48.3 Å². The van der Waals surface area contributed by atoms with E-state index in [1.807, 2.05) is 6.07 Å². The maximum absolute atomic E-state index is 13.0. The van der Waals surface area contributed by atoms with Gasteiger partial charge in [-0.25, -0.2) is 13.4 Å². The van der Waals surface area contributed by atoms with Crippen LogP contribution >= 0.6 is 0 Å². The highest BCUT2D eigenvalue weighted by atomic mass is 32.2. The molecule has 39 heavy (non-hydrogen) atoms. The molecule has 3 unspecified atom stereocenters. The van der Waals surface area contributed by atoms with E-state index in [-0.39, 0.29) is 23.0 Å². The number of pyridine rings is 1. The number of sulfone groups is 1. The van der Waals surface area contributed by atoms with Crippen LogP contribution in [0.15, 0.2) is 30.5 Å². The van der Waals surface area contributed by atoms with Crippen LogP contribution in [0.4, 0.5) is 11.5 Å². The quantitative estimate of drug-likeness (QED) is 0.449. The molecule has 6 rings (SSSR count). The normalized spacial score (nSPS) is 31.7. The monoisotopic (exact) mass is 556 g/mol. The van der Waals surface area contributed by atoms with E-state index in [0.717, 1.165) is 67.9 Å². The molecule has 2 saturated carbocycles. The summed E-state index contributed by atoms with van der Waals surface area (Å²) < 4.78 is 26.0. The predicted molar refractivity (Wildman–Crippen MR) is 162 cm³/mol. The molecule has 8 nitrogen and oxygen atoms in total. The van der Waals surface area contributed by atoms with Crippen molar-refractivity contribution in [2.75, 3.05) is 50.2 Å². The number of anilines is 2. The van der Waals surface area contributed by atoms with Gasteiger partial charge in [0.2, 0.25) is 0 Å². The van der Waals surface area contributed by atoms with Gasteiger partial charge in [0.25, 0.3) is 0 Å². The molecule has 4 bridgehead atoms. The standard InChI is InChI=1S/C30H48N6O2S/c1-3-39(37,38)29-11-9-25-17-24(29)18-32-19-28(22-6-4-21(5-7-22)13-15-36(2)20-34-25)35-26-8-10-27-23(16-26)12-14-33-30(27)31/h8,10,12,14,16,21-22,24-25,28-29,32,34-35H,3-7,9,11,13,15,17-20H2,1-2H3,(H2,31,33)/t21?,22?,24?,25?,28-,29?/m0/s1. The van der Waals surface area contributed by atoms with Gasteiger partial charge in [0.15, 0.2) is 9.84 Å². The van der Waals surface area contributed by atoms with E-state index in [1.54, 1.807) is 13.1 Å². The SMILES string of the molecule is CCS(=O)(=O)C1CCC2CC1CNC[C@H](Nc1ccc3c(N)nccc3c1)C1CCC(CC1)CCN(C)CN2. The first-order chi connectivity index (χ1) is 18.8. The predicted octanol–water partition coefficient (Wildman–Crippen LogP) is 3.85. The van der Waals surface area contributed by atoms with Gasteiger partial charge in [-0.05, 0) is 106 Å². The maximum Gasteiger partial charge on any atom is 0.153 e. The molecule has 9 heteroatoms. The largest absolute Gasteiger partial charge is 0.383 e. The van der Waals surface area contributed by atoms with Crippen LogP contribution in [-0.4, -0.2) is 74.7 Å². The van der Waals surface area contributed by atoms with Gasteiger partial charge >= 0.3 is 0 Å². The van der Waals surface area contributed by atoms with E-state index in [9.17, 15) is 8.42 Å². The average molecular weight is 557 g/mol. The second-order valence-corrected chi connectivity index (χ2v) is 14.8. The van der Waals surface area contributed by atoms with Crippen molar-refractivity contribution in [1.82, 2.24) is 20.5 Å². The summed E-state index contributed by atoms with van der Waals surface area (Å²) in [6.07, 6.45) is 10.7. The Hall–Kier alpha value is -1.94. The molecule has 2 aliphatic heterocycles. The van der Waals surface area contributed by atoms with Crippen LogP contribution in [0.5, 0.6) is 0 Å². The molecule has 4 aliphatic rings. The Morgan fingerprint density at radius 2 is 1.87 bits per heavy atom. The molecule has 0 amide bonds. The number of nitrogen functional groups attached to an aromatic ring is 1. The number of benzene rings is 1. The number of hydrogen-bond acceptors (Lipinski definition) is 8. The minimum Gasteiger partial charge on any atom is -0.383 e. The molecule has 3 heterocycles. The molecule has 1 aromatic heterocycles. The number of aromatic nitrogens is 1. The van der Waals surface area contributed by atoms with Crippen LogP contribution in [0.1, 0.15) is 58.3 Å². The number of nitrogens with zero attached hydrogens (tertiary/aromatic N) is 2. The third-order valence-electron chi connectivity index (χ3n) is 9.72. The van der Waals surface area contributed by atoms with Crippen LogP contribution in [0.25, 0.3) is 10.8 Å². The summed E-state index contributed by atoms with van der Waals surface area (Å²) in [5, 5.41) is 13.2. The lowest BCUT2D eigenvalue weighted by Crippen LogP contribution is -2.50. The summed E-state index contributed by atoms with van der Waals surface area (Å²) >= 11 is 0. The minimum absolute atomic E-state index is 0.131. The summed E-state index contributed by atoms with van der Waals surface area (Å²) in [7, 11) is -0.867. The Morgan fingerprint density at radius 3 is 2.67 bits per heavy atom. The Bertz CT molecular complexity index is 1200. The van der Waals surface area contributed by atoms with Crippen molar-refractivity contribution in [3.8, 4) is 0 Å². The van der Waals surface area contributed by atoms with Crippen molar-refractivity contribution in [1.29, 1.82) is 0 Å². The topological polar surface area (TPSA) is 112 Å². The molecule has 4 atom stereocenters. The zero-order valence-corrected chi connectivity index (χ0v) is 24.6. The lowest BCUT2D eigenvalue weighted by molar-refractivity contribution is 0.190. The van der Waals surface area contributed by atoms with E-state index in [0.29, 0.717) is 17.8 Å². The van der Waals surface area contributed by atoms with Gasteiger partial charge in [0.1, 0.15) is 5.82 Å². The van der Waals surface area contributed by atoms with Crippen LogP contribution in [-0.2, 0) is 9.84 Å². The summed E-state index contributed by atoms with van der Waals surface area (Å²) in [6.45, 7) is 5.36. The third-order valence-corrected chi connectivity index (χ3v) is 12.1. The van der Waals surface area contributed by atoms with Crippen molar-refractivity contribution < 1.29 is 8.42 Å². The van der Waals surface area contributed by atoms with Crippen molar-refractivity contribution >= 4 is 32.1 Å². The molecule has 2 aliphatic carbocycles. The van der Waals surface area contributed by atoms with E-state index in [4.69, 9.17) is 5.73 Å². The molecule has 216 valence electrons. The Kier molecular flexibility index (Phi) is 9.31. The molecule has 5 N–H and O–H groups in total. The molecular formula is C30H48N6O2S. The van der Waals surface area contributed by atoms with Crippen LogP contribution in [0.3, 0.4) is 0 Å². The molecule has 0 spiro atoms. The first-order valence-corrected chi connectivity index (χ1v) is 16.8. The number of hydrogen-bond donors (Lipinski definition) is 4. The van der Waals surface area contributed by atoms with E-state index in [1.165, 1.54) is 32.1 Å². The first kappa shape index (κ1) is 28.6. The van der Waals surface area contributed by atoms with Gasteiger partial charge in [-0.15, -0.1) is 0 Å². The van der Waals surface area contributed by atoms with Gasteiger partial charge in [-0.1, -0.05) is 19.8 Å². The van der Waals surface area contributed by atoms with Crippen molar-refractivity contribution in [3.63, 3.8) is 0 Å². The average Bonchev–Trinajstić information content (AvgIpc) is 2.94. The molecule has 2 aromatic rings. The lowest BCUT2D eigenvalue weighted by atomic mass is 9.77. The lowest BCUT2D eigenvalue weighted by Gasteiger charge is -2.39. The molecular weight excluding hydrogens is 508 g/mol. The smallest absolute Gasteiger partial charge is 0.153 e. The fourth-order valence-electron chi connectivity index (χ4n) is 7.23. The molecule has 0 radical (unpaired) electrons. The maximum atomic E-state index is 13.0. The van der Waals surface area contributed by atoms with E-state index < -0.39 is 9.84 Å². The number of rotatable bonds is 4. The zero-order valence-electron chi connectivity index (χ0n) is 23.7. The van der Waals surface area contributed by atoms with Gasteiger partial charge in [0.05, 0.1) is 5.25 Å².